The standard InChI is InChI=1S/C19H20N2O4/c1-12-4-2-5-13(10-12)18(23)21-15-8-7-14(11-16(15)22)20-19(24)17-6-3-9-25-17/h2,4-5,7-8,10-11,17,22H,3,6,9H2,1H3,(H,20,24)(H,21,23). The molecule has 1 aliphatic rings. The summed E-state index contributed by atoms with van der Waals surface area (Å²) in [6.45, 7) is 2.49. The molecule has 3 N–H and O–H groups in total. The van der Waals surface area contributed by atoms with Gasteiger partial charge in [0.15, 0.2) is 0 Å². The number of anilines is 2. The van der Waals surface area contributed by atoms with Gasteiger partial charge in [-0.05, 0) is 44.0 Å². The van der Waals surface area contributed by atoms with Gasteiger partial charge in [0.05, 0.1) is 5.69 Å². The molecule has 0 aliphatic carbocycles. The number of hydrogen-bond acceptors (Lipinski definition) is 4. The molecular weight excluding hydrogens is 320 g/mol. The summed E-state index contributed by atoms with van der Waals surface area (Å²) in [4.78, 5) is 24.3. The Morgan fingerprint density at radius 1 is 1.16 bits per heavy atom. The number of amides is 2. The molecule has 0 saturated carbocycles. The van der Waals surface area contributed by atoms with E-state index in [0.717, 1.165) is 12.0 Å². The lowest BCUT2D eigenvalue weighted by molar-refractivity contribution is -0.124. The second-order valence-corrected chi connectivity index (χ2v) is 6.05. The quantitative estimate of drug-likeness (QED) is 0.747. The maximum atomic E-state index is 12.2. The van der Waals surface area contributed by atoms with E-state index in [1.165, 1.54) is 6.07 Å². The minimum absolute atomic E-state index is 0.119. The molecule has 0 spiro atoms. The van der Waals surface area contributed by atoms with Crippen molar-refractivity contribution in [2.24, 2.45) is 0 Å². The van der Waals surface area contributed by atoms with Crippen molar-refractivity contribution in [3.05, 3.63) is 53.6 Å². The van der Waals surface area contributed by atoms with Crippen LogP contribution in [0.2, 0.25) is 0 Å². The van der Waals surface area contributed by atoms with Gasteiger partial charge in [0.2, 0.25) is 0 Å². The molecule has 2 aromatic rings. The second-order valence-electron chi connectivity index (χ2n) is 6.05. The molecule has 0 bridgehead atoms. The molecular formula is C19H20N2O4. The van der Waals surface area contributed by atoms with Gasteiger partial charge in [-0.15, -0.1) is 0 Å². The van der Waals surface area contributed by atoms with Crippen LogP contribution in [0.25, 0.3) is 0 Å². The molecule has 1 atom stereocenters. The highest BCUT2D eigenvalue weighted by molar-refractivity contribution is 6.05. The smallest absolute Gasteiger partial charge is 0.255 e. The van der Waals surface area contributed by atoms with Crippen molar-refractivity contribution in [2.75, 3.05) is 17.2 Å². The molecule has 3 rings (SSSR count). The normalized spacial score (nSPS) is 16.4. The first-order valence-corrected chi connectivity index (χ1v) is 8.16. The number of carbonyl (C=O) groups is 2. The summed E-state index contributed by atoms with van der Waals surface area (Å²) in [7, 11) is 0. The van der Waals surface area contributed by atoms with Crippen LogP contribution in [0.1, 0.15) is 28.8 Å². The minimum Gasteiger partial charge on any atom is -0.506 e. The van der Waals surface area contributed by atoms with Crippen LogP contribution in [0, 0.1) is 6.92 Å². The molecule has 2 amide bonds. The highest BCUT2D eigenvalue weighted by Crippen LogP contribution is 2.28. The van der Waals surface area contributed by atoms with Crippen molar-refractivity contribution in [1.29, 1.82) is 0 Å². The molecule has 130 valence electrons. The highest BCUT2D eigenvalue weighted by atomic mass is 16.5. The van der Waals surface area contributed by atoms with Crippen LogP contribution in [0.3, 0.4) is 0 Å². The molecule has 0 aromatic heterocycles. The number of rotatable bonds is 4. The van der Waals surface area contributed by atoms with Gasteiger partial charge < -0.3 is 20.5 Å². The van der Waals surface area contributed by atoms with E-state index in [-0.39, 0.29) is 23.3 Å². The molecule has 0 radical (unpaired) electrons. The summed E-state index contributed by atoms with van der Waals surface area (Å²) in [5.74, 6) is -0.658. The Morgan fingerprint density at radius 3 is 2.68 bits per heavy atom. The summed E-state index contributed by atoms with van der Waals surface area (Å²) >= 11 is 0. The van der Waals surface area contributed by atoms with E-state index < -0.39 is 6.10 Å². The van der Waals surface area contributed by atoms with Crippen molar-refractivity contribution in [3.63, 3.8) is 0 Å². The number of aromatic hydroxyl groups is 1. The van der Waals surface area contributed by atoms with Crippen LogP contribution in [-0.2, 0) is 9.53 Å². The van der Waals surface area contributed by atoms with Gasteiger partial charge in [-0.2, -0.15) is 0 Å². The molecule has 1 heterocycles. The Hall–Kier alpha value is -2.86. The maximum Gasteiger partial charge on any atom is 0.255 e. The van der Waals surface area contributed by atoms with Crippen molar-refractivity contribution in [3.8, 4) is 5.75 Å². The summed E-state index contributed by atoms with van der Waals surface area (Å²) < 4.78 is 5.32. The number of phenolic OH excluding ortho intramolecular Hbond substituents is 1. The summed E-state index contributed by atoms with van der Waals surface area (Å²) in [5, 5.41) is 15.5. The van der Waals surface area contributed by atoms with Gasteiger partial charge in [0, 0.05) is 23.9 Å². The second kappa shape index (κ2) is 7.36. The van der Waals surface area contributed by atoms with Gasteiger partial charge in [-0.25, -0.2) is 0 Å². The number of nitrogens with one attached hydrogen (secondary N) is 2. The molecule has 1 unspecified atom stereocenters. The summed E-state index contributed by atoms with van der Waals surface area (Å²) in [6.07, 6.45) is 1.12. The third-order valence-electron chi connectivity index (χ3n) is 4.02. The summed E-state index contributed by atoms with van der Waals surface area (Å²) in [6, 6.07) is 11.7. The van der Waals surface area contributed by atoms with E-state index in [2.05, 4.69) is 10.6 Å². The maximum absolute atomic E-state index is 12.2. The van der Waals surface area contributed by atoms with Crippen LogP contribution in [0.5, 0.6) is 5.75 Å². The van der Waals surface area contributed by atoms with E-state index in [1.807, 2.05) is 13.0 Å². The SMILES string of the molecule is Cc1cccc(C(=O)Nc2ccc(NC(=O)C3CCCO3)cc2O)c1. The van der Waals surface area contributed by atoms with Crippen molar-refractivity contribution in [2.45, 2.75) is 25.9 Å². The largest absolute Gasteiger partial charge is 0.506 e. The van der Waals surface area contributed by atoms with E-state index in [4.69, 9.17) is 4.74 Å². The van der Waals surface area contributed by atoms with Crippen molar-refractivity contribution >= 4 is 23.2 Å². The minimum atomic E-state index is -0.442. The Morgan fingerprint density at radius 2 is 2.00 bits per heavy atom. The average Bonchev–Trinajstić information content (AvgIpc) is 3.12. The zero-order valence-electron chi connectivity index (χ0n) is 13.9. The first-order valence-electron chi connectivity index (χ1n) is 8.16. The van der Waals surface area contributed by atoms with Crippen LogP contribution in [0.15, 0.2) is 42.5 Å². The van der Waals surface area contributed by atoms with Gasteiger partial charge in [0.25, 0.3) is 11.8 Å². The molecule has 2 aromatic carbocycles. The van der Waals surface area contributed by atoms with Gasteiger partial charge >= 0.3 is 0 Å². The highest BCUT2D eigenvalue weighted by Gasteiger charge is 2.23. The predicted octanol–water partition coefficient (Wildman–Crippen LogP) is 3.07. The number of hydrogen-bond donors (Lipinski definition) is 3. The number of carbonyl (C=O) groups excluding carboxylic acids is 2. The molecule has 25 heavy (non-hydrogen) atoms. The van der Waals surface area contributed by atoms with E-state index >= 15 is 0 Å². The first-order chi connectivity index (χ1) is 12.0. The number of aryl methyl sites for hydroxylation is 1. The van der Waals surface area contributed by atoms with E-state index in [9.17, 15) is 14.7 Å². The number of ether oxygens (including phenoxy) is 1. The van der Waals surface area contributed by atoms with Crippen LogP contribution < -0.4 is 10.6 Å². The molecule has 6 nitrogen and oxygen atoms in total. The third kappa shape index (κ3) is 4.16. The lowest BCUT2D eigenvalue weighted by Crippen LogP contribution is -2.26. The lowest BCUT2D eigenvalue weighted by atomic mass is 10.1. The summed E-state index contributed by atoms with van der Waals surface area (Å²) in [5.41, 5.74) is 2.22. The van der Waals surface area contributed by atoms with E-state index in [1.54, 1.807) is 30.3 Å². The molecule has 1 fully saturated rings. The fourth-order valence-corrected chi connectivity index (χ4v) is 2.70. The topological polar surface area (TPSA) is 87.7 Å². The Kier molecular flexibility index (Phi) is 5.00. The van der Waals surface area contributed by atoms with Crippen molar-refractivity contribution < 1.29 is 19.4 Å². The molecule has 1 aliphatic heterocycles. The zero-order valence-corrected chi connectivity index (χ0v) is 13.9. The zero-order chi connectivity index (χ0) is 17.8. The Bertz CT molecular complexity index is 798. The monoisotopic (exact) mass is 340 g/mol. The lowest BCUT2D eigenvalue weighted by Gasteiger charge is -2.12. The van der Waals surface area contributed by atoms with E-state index in [0.29, 0.717) is 24.3 Å². The van der Waals surface area contributed by atoms with Crippen LogP contribution in [-0.4, -0.2) is 29.6 Å². The fourth-order valence-electron chi connectivity index (χ4n) is 2.70. The van der Waals surface area contributed by atoms with Crippen molar-refractivity contribution in [1.82, 2.24) is 0 Å². The first kappa shape index (κ1) is 17.0. The molecule has 6 heteroatoms. The Balaban J connectivity index is 1.67. The average molecular weight is 340 g/mol. The number of benzene rings is 2. The Labute approximate surface area is 145 Å². The molecule has 1 saturated heterocycles. The van der Waals surface area contributed by atoms with Crippen LogP contribution in [0.4, 0.5) is 11.4 Å². The van der Waals surface area contributed by atoms with Crippen LogP contribution >= 0.6 is 0 Å². The van der Waals surface area contributed by atoms with Gasteiger partial charge in [-0.1, -0.05) is 17.7 Å². The van der Waals surface area contributed by atoms with Gasteiger partial charge in [0.1, 0.15) is 11.9 Å². The third-order valence-corrected chi connectivity index (χ3v) is 4.02. The number of phenols is 1. The predicted molar refractivity (Wildman–Crippen MR) is 94.8 cm³/mol. The van der Waals surface area contributed by atoms with Gasteiger partial charge in [-0.3, -0.25) is 9.59 Å². The fraction of sp³-hybridized carbons (Fsp3) is 0.263.